The summed E-state index contributed by atoms with van der Waals surface area (Å²) in [7, 11) is 0. The van der Waals surface area contributed by atoms with Gasteiger partial charge in [0, 0.05) is 22.2 Å². The molecule has 0 aliphatic carbocycles. The first-order valence-electron chi connectivity index (χ1n) is 5.90. The van der Waals surface area contributed by atoms with E-state index in [4.69, 9.17) is 0 Å². The van der Waals surface area contributed by atoms with Crippen molar-refractivity contribution in [3.8, 4) is 0 Å². The minimum Gasteiger partial charge on any atom is -0.267 e. The van der Waals surface area contributed by atoms with E-state index >= 15 is 0 Å². The number of hydrazone groups is 1. The Morgan fingerprint density at radius 2 is 2.00 bits per heavy atom. The molecule has 2 aromatic rings. The molecule has 7 heteroatoms. The molecule has 0 radical (unpaired) electrons. The van der Waals surface area contributed by atoms with Crippen LogP contribution in [0.25, 0.3) is 0 Å². The number of hydrogen-bond acceptors (Lipinski definition) is 4. The van der Waals surface area contributed by atoms with Gasteiger partial charge in [0.2, 0.25) is 0 Å². The minimum atomic E-state index is -0.489. The Hall–Kier alpha value is -2.54. The normalized spacial score (nSPS) is 10.5. The Morgan fingerprint density at radius 1 is 1.24 bits per heavy atom. The van der Waals surface area contributed by atoms with Crippen LogP contribution in [0.4, 0.5) is 5.69 Å². The summed E-state index contributed by atoms with van der Waals surface area (Å²) in [4.78, 5) is 22.0. The molecule has 0 aliphatic heterocycles. The van der Waals surface area contributed by atoms with E-state index in [0.717, 1.165) is 0 Å². The van der Waals surface area contributed by atoms with Crippen LogP contribution in [-0.4, -0.2) is 17.0 Å². The molecule has 0 fully saturated rings. The van der Waals surface area contributed by atoms with Crippen LogP contribution in [0.2, 0.25) is 0 Å². The van der Waals surface area contributed by atoms with Crippen molar-refractivity contribution in [2.24, 2.45) is 5.10 Å². The number of carbonyl (C=O) groups excluding carboxylic acids is 1. The SMILES string of the molecule is O=C(N/N=C\c1cccc([N+](=O)[O-])c1)c1ccccc1Br. The Balaban J connectivity index is 2.06. The molecular weight excluding hydrogens is 338 g/mol. The van der Waals surface area contributed by atoms with E-state index in [9.17, 15) is 14.9 Å². The molecule has 2 rings (SSSR count). The molecule has 0 saturated heterocycles. The first-order valence-corrected chi connectivity index (χ1v) is 6.69. The van der Waals surface area contributed by atoms with Gasteiger partial charge in [-0.3, -0.25) is 14.9 Å². The van der Waals surface area contributed by atoms with Gasteiger partial charge in [-0.05, 0) is 28.1 Å². The quantitative estimate of drug-likeness (QED) is 0.523. The van der Waals surface area contributed by atoms with Crippen molar-refractivity contribution in [1.29, 1.82) is 0 Å². The molecule has 21 heavy (non-hydrogen) atoms. The van der Waals surface area contributed by atoms with Crippen molar-refractivity contribution in [3.05, 3.63) is 74.2 Å². The van der Waals surface area contributed by atoms with Crippen LogP contribution >= 0.6 is 15.9 Å². The van der Waals surface area contributed by atoms with Crippen molar-refractivity contribution in [3.63, 3.8) is 0 Å². The molecule has 0 spiro atoms. The van der Waals surface area contributed by atoms with Crippen molar-refractivity contribution in [2.45, 2.75) is 0 Å². The van der Waals surface area contributed by atoms with Gasteiger partial charge in [0.25, 0.3) is 11.6 Å². The van der Waals surface area contributed by atoms with Crippen LogP contribution in [0, 0.1) is 10.1 Å². The number of nitro groups is 1. The van der Waals surface area contributed by atoms with Crippen molar-refractivity contribution in [1.82, 2.24) is 5.43 Å². The first-order chi connectivity index (χ1) is 10.1. The summed E-state index contributed by atoms with van der Waals surface area (Å²) >= 11 is 3.27. The topological polar surface area (TPSA) is 84.6 Å². The second-order valence-electron chi connectivity index (χ2n) is 4.03. The van der Waals surface area contributed by atoms with E-state index < -0.39 is 4.92 Å². The predicted molar refractivity (Wildman–Crippen MR) is 82.3 cm³/mol. The van der Waals surface area contributed by atoms with E-state index in [2.05, 4.69) is 26.5 Å². The maximum Gasteiger partial charge on any atom is 0.272 e. The number of carbonyl (C=O) groups is 1. The van der Waals surface area contributed by atoms with Gasteiger partial charge in [-0.25, -0.2) is 5.43 Å². The van der Waals surface area contributed by atoms with E-state index in [1.165, 1.54) is 18.3 Å². The second kappa shape index (κ2) is 6.76. The average Bonchev–Trinajstić information content (AvgIpc) is 2.48. The third-order valence-electron chi connectivity index (χ3n) is 2.58. The van der Waals surface area contributed by atoms with Crippen molar-refractivity contribution < 1.29 is 9.72 Å². The van der Waals surface area contributed by atoms with E-state index in [-0.39, 0.29) is 11.6 Å². The highest BCUT2D eigenvalue weighted by Gasteiger charge is 2.08. The van der Waals surface area contributed by atoms with Crippen LogP contribution in [0.1, 0.15) is 15.9 Å². The highest BCUT2D eigenvalue weighted by molar-refractivity contribution is 9.10. The lowest BCUT2D eigenvalue weighted by molar-refractivity contribution is -0.384. The molecule has 106 valence electrons. The number of hydrogen-bond donors (Lipinski definition) is 1. The number of amides is 1. The molecule has 0 aliphatic rings. The molecule has 0 bridgehead atoms. The highest BCUT2D eigenvalue weighted by atomic mass is 79.9. The van der Waals surface area contributed by atoms with Crippen LogP contribution < -0.4 is 5.43 Å². The smallest absolute Gasteiger partial charge is 0.267 e. The fourth-order valence-electron chi connectivity index (χ4n) is 1.59. The van der Waals surface area contributed by atoms with Gasteiger partial charge in [-0.2, -0.15) is 5.10 Å². The molecule has 1 amide bonds. The Labute approximate surface area is 128 Å². The van der Waals surface area contributed by atoms with E-state index in [0.29, 0.717) is 15.6 Å². The molecule has 1 N–H and O–H groups in total. The second-order valence-corrected chi connectivity index (χ2v) is 4.89. The van der Waals surface area contributed by atoms with E-state index in [1.54, 1.807) is 36.4 Å². The lowest BCUT2D eigenvalue weighted by atomic mass is 10.2. The van der Waals surface area contributed by atoms with Crippen LogP contribution in [0.15, 0.2) is 58.1 Å². The predicted octanol–water partition coefficient (Wildman–Crippen LogP) is 3.12. The average molecular weight is 348 g/mol. The summed E-state index contributed by atoms with van der Waals surface area (Å²) in [6.45, 7) is 0. The number of benzene rings is 2. The Morgan fingerprint density at radius 3 is 2.71 bits per heavy atom. The van der Waals surface area contributed by atoms with Gasteiger partial charge in [0.1, 0.15) is 0 Å². The largest absolute Gasteiger partial charge is 0.272 e. The fourth-order valence-corrected chi connectivity index (χ4v) is 2.05. The fraction of sp³-hybridized carbons (Fsp3) is 0. The summed E-state index contributed by atoms with van der Waals surface area (Å²) < 4.78 is 0.660. The number of non-ortho nitro benzene ring substituents is 1. The molecule has 0 saturated carbocycles. The molecule has 0 aromatic heterocycles. The number of nitrogens with zero attached hydrogens (tertiary/aromatic N) is 2. The lowest BCUT2D eigenvalue weighted by Crippen LogP contribution is -2.18. The minimum absolute atomic E-state index is 0.0314. The van der Waals surface area contributed by atoms with E-state index in [1.807, 2.05) is 0 Å². The van der Waals surface area contributed by atoms with Gasteiger partial charge >= 0.3 is 0 Å². The van der Waals surface area contributed by atoms with Gasteiger partial charge in [0.15, 0.2) is 0 Å². The zero-order chi connectivity index (χ0) is 15.2. The summed E-state index contributed by atoms with van der Waals surface area (Å²) in [5.41, 5.74) is 3.31. The zero-order valence-corrected chi connectivity index (χ0v) is 12.3. The molecular formula is C14H10BrN3O3. The third-order valence-corrected chi connectivity index (χ3v) is 3.27. The molecule has 0 atom stereocenters. The Kier molecular flexibility index (Phi) is 4.78. The summed E-state index contributed by atoms with van der Waals surface area (Å²) in [6.07, 6.45) is 1.35. The van der Waals surface area contributed by atoms with Gasteiger partial charge < -0.3 is 0 Å². The van der Waals surface area contributed by atoms with Crippen molar-refractivity contribution >= 4 is 33.7 Å². The van der Waals surface area contributed by atoms with Crippen LogP contribution in [0.3, 0.4) is 0 Å². The standard InChI is InChI=1S/C14H10BrN3O3/c15-13-7-2-1-6-12(13)14(19)17-16-9-10-4-3-5-11(8-10)18(20)21/h1-9H,(H,17,19)/b16-9-. The number of rotatable bonds is 4. The number of halogens is 1. The number of nitro benzene ring substituents is 1. The molecule has 0 heterocycles. The number of nitrogens with one attached hydrogen (secondary N) is 1. The highest BCUT2D eigenvalue weighted by Crippen LogP contribution is 2.15. The molecule has 0 unspecified atom stereocenters. The summed E-state index contributed by atoms with van der Waals surface area (Å²) in [5.74, 6) is -0.371. The van der Waals surface area contributed by atoms with Gasteiger partial charge in [-0.1, -0.05) is 24.3 Å². The summed E-state index contributed by atoms with van der Waals surface area (Å²) in [5, 5.41) is 14.4. The third kappa shape index (κ3) is 3.96. The van der Waals surface area contributed by atoms with Crippen molar-refractivity contribution in [2.75, 3.05) is 0 Å². The summed E-state index contributed by atoms with van der Waals surface area (Å²) in [6, 6.07) is 12.9. The lowest BCUT2D eigenvalue weighted by Gasteiger charge is -2.01. The maximum atomic E-state index is 11.9. The first kappa shape index (κ1) is 14.9. The molecule has 6 nitrogen and oxygen atoms in total. The molecule has 2 aromatic carbocycles. The Bertz CT molecular complexity index is 716. The van der Waals surface area contributed by atoms with Crippen LogP contribution in [-0.2, 0) is 0 Å². The zero-order valence-electron chi connectivity index (χ0n) is 10.7. The monoisotopic (exact) mass is 347 g/mol. The maximum absolute atomic E-state index is 11.9. The van der Waals surface area contributed by atoms with Crippen LogP contribution in [0.5, 0.6) is 0 Å². The van der Waals surface area contributed by atoms with Gasteiger partial charge in [0.05, 0.1) is 16.7 Å². The van der Waals surface area contributed by atoms with Gasteiger partial charge in [-0.15, -0.1) is 0 Å².